The Morgan fingerprint density at radius 2 is 2.14 bits per heavy atom. The van der Waals surface area contributed by atoms with Crippen molar-refractivity contribution in [2.45, 2.75) is 13.8 Å². The minimum absolute atomic E-state index is 0.143. The maximum atomic E-state index is 11.6. The molecule has 0 bridgehead atoms. The standard InChI is InChI=1S/C12H15N3O5S/c1-4-20-11-7-9(14-15-21(17,18)19)5-6-10(11)13-12(16)8(2)3/h5-7H,2,4H2,1,3H3,(H,13,16)(H,17,18,19). The lowest BCUT2D eigenvalue weighted by Gasteiger charge is -2.11. The van der Waals surface area contributed by atoms with Crippen molar-refractivity contribution in [1.82, 2.24) is 0 Å². The van der Waals surface area contributed by atoms with Gasteiger partial charge in [0.25, 0.3) is 5.91 Å². The monoisotopic (exact) mass is 313 g/mol. The fourth-order valence-electron chi connectivity index (χ4n) is 1.28. The molecule has 0 unspecified atom stereocenters. The van der Waals surface area contributed by atoms with E-state index in [0.29, 0.717) is 23.6 Å². The molecular weight excluding hydrogens is 298 g/mol. The molecular formula is C12H15N3O5S. The zero-order valence-corrected chi connectivity index (χ0v) is 12.3. The molecule has 0 saturated heterocycles. The average molecular weight is 313 g/mol. The van der Waals surface area contributed by atoms with E-state index in [1.165, 1.54) is 18.2 Å². The van der Waals surface area contributed by atoms with Crippen molar-refractivity contribution in [1.29, 1.82) is 0 Å². The second-order valence-corrected chi connectivity index (χ2v) is 5.04. The highest BCUT2D eigenvalue weighted by Gasteiger charge is 2.10. The first-order valence-corrected chi connectivity index (χ1v) is 7.26. The zero-order chi connectivity index (χ0) is 16.0. The number of amides is 1. The van der Waals surface area contributed by atoms with Gasteiger partial charge < -0.3 is 10.1 Å². The van der Waals surface area contributed by atoms with Crippen LogP contribution in [0.3, 0.4) is 0 Å². The highest BCUT2D eigenvalue weighted by molar-refractivity contribution is 7.84. The third-order valence-electron chi connectivity index (χ3n) is 2.16. The number of hydrogen-bond acceptors (Lipinski definition) is 5. The summed E-state index contributed by atoms with van der Waals surface area (Å²) in [5.74, 6) is -0.0813. The number of anilines is 1. The number of carbonyl (C=O) groups excluding carboxylic acids is 1. The van der Waals surface area contributed by atoms with Crippen LogP contribution in [0, 0.1) is 0 Å². The van der Waals surface area contributed by atoms with Gasteiger partial charge in [0.15, 0.2) is 0 Å². The summed E-state index contributed by atoms with van der Waals surface area (Å²) in [6.45, 7) is 7.15. The normalized spacial score (nSPS) is 11.4. The van der Waals surface area contributed by atoms with Gasteiger partial charge in [-0.05, 0) is 30.5 Å². The lowest BCUT2D eigenvalue weighted by atomic mass is 10.2. The van der Waals surface area contributed by atoms with E-state index in [1.807, 2.05) is 0 Å². The molecule has 0 spiro atoms. The minimum Gasteiger partial charge on any atom is -0.492 e. The Morgan fingerprint density at radius 1 is 1.48 bits per heavy atom. The summed E-state index contributed by atoms with van der Waals surface area (Å²) in [4.78, 5) is 11.6. The fraction of sp³-hybridized carbons (Fsp3) is 0.250. The molecule has 1 aromatic carbocycles. The Morgan fingerprint density at radius 3 is 2.67 bits per heavy atom. The van der Waals surface area contributed by atoms with Crippen LogP contribution in [-0.4, -0.2) is 25.5 Å². The third-order valence-corrected chi connectivity index (χ3v) is 2.45. The molecule has 0 aromatic heterocycles. The van der Waals surface area contributed by atoms with E-state index >= 15 is 0 Å². The predicted molar refractivity (Wildman–Crippen MR) is 77.1 cm³/mol. The lowest BCUT2D eigenvalue weighted by molar-refractivity contribution is -0.112. The number of nitrogens with zero attached hydrogens (tertiary/aromatic N) is 2. The van der Waals surface area contributed by atoms with Crippen molar-refractivity contribution in [3.63, 3.8) is 0 Å². The number of ether oxygens (including phenoxy) is 1. The molecule has 8 nitrogen and oxygen atoms in total. The van der Waals surface area contributed by atoms with E-state index in [1.54, 1.807) is 13.8 Å². The largest absolute Gasteiger partial charge is 0.492 e. The number of benzene rings is 1. The molecule has 0 aliphatic rings. The van der Waals surface area contributed by atoms with Crippen molar-refractivity contribution in [2.24, 2.45) is 9.63 Å². The lowest BCUT2D eigenvalue weighted by Crippen LogP contribution is -2.12. The maximum absolute atomic E-state index is 11.6. The predicted octanol–water partition coefficient (Wildman–Crippen LogP) is 2.49. The minimum atomic E-state index is -4.55. The van der Waals surface area contributed by atoms with Gasteiger partial charge in [0.1, 0.15) is 5.75 Å². The molecule has 0 radical (unpaired) electrons. The molecule has 1 aromatic rings. The van der Waals surface area contributed by atoms with E-state index in [9.17, 15) is 13.2 Å². The summed E-state index contributed by atoms with van der Waals surface area (Å²) < 4.78 is 37.6. The molecule has 1 amide bonds. The van der Waals surface area contributed by atoms with E-state index in [-0.39, 0.29) is 11.6 Å². The first-order valence-electron chi connectivity index (χ1n) is 5.87. The smallest absolute Gasteiger partial charge is 0.396 e. The van der Waals surface area contributed by atoms with E-state index < -0.39 is 10.3 Å². The van der Waals surface area contributed by atoms with Gasteiger partial charge in [-0.2, -0.15) is 8.42 Å². The topological polar surface area (TPSA) is 117 Å². The fourth-order valence-corrected chi connectivity index (χ4v) is 1.48. The summed E-state index contributed by atoms with van der Waals surface area (Å²) in [5.41, 5.74) is 0.854. The first kappa shape index (κ1) is 16.8. The molecule has 0 fully saturated rings. The number of nitrogens with one attached hydrogen (secondary N) is 1. The van der Waals surface area contributed by atoms with Crippen molar-refractivity contribution in [3.8, 4) is 5.75 Å². The maximum Gasteiger partial charge on any atom is 0.396 e. The van der Waals surface area contributed by atoms with Crippen LogP contribution in [0.25, 0.3) is 0 Å². The van der Waals surface area contributed by atoms with Crippen LogP contribution in [0.5, 0.6) is 5.75 Å². The van der Waals surface area contributed by atoms with Gasteiger partial charge in [0.05, 0.1) is 18.0 Å². The van der Waals surface area contributed by atoms with Crippen LogP contribution in [0.1, 0.15) is 13.8 Å². The van der Waals surface area contributed by atoms with Gasteiger partial charge in [0.2, 0.25) is 0 Å². The number of rotatable bonds is 6. The van der Waals surface area contributed by atoms with E-state index in [2.05, 4.69) is 21.5 Å². The molecule has 1 rings (SSSR count). The Hall–Kier alpha value is -2.26. The molecule has 0 aliphatic heterocycles. The SMILES string of the molecule is C=C(C)C(=O)Nc1ccc(N=NS(=O)(=O)O)cc1OCC. The zero-order valence-electron chi connectivity index (χ0n) is 11.5. The molecule has 21 heavy (non-hydrogen) atoms. The highest BCUT2D eigenvalue weighted by Crippen LogP contribution is 2.30. The average Bonchev–Trinajstić information content (AvgIpc) is 2.38. The van der Waals surface area contributed by atoms with Crippen LogP contribution in [-0.2, 0) is 15.1 Å². The van der Waals surface area contributed by atoms with Crippen molar-refractivity contribution >= 4 is 27.6 Å². The second kappa shape index (κ2) is 6.95. The molecule has 0 aliphatic carbocycles. The van der Waals surface area contributed by atoms with Gasteiger partial charge in [-0.25, -0.2) is 0 Å². The Labute approximate surface area is 122 Å². The second-order valence-electron chi connectivity index (χ2n) is 3.98. The summed E-state index contributed by atoms with van der Waals surface area (Å²) in [7, 11) is -4.55. The molecule has 0 saturated carbocycles. The summed E-state index contributed by atoms with van der Waals surface area (Å²) in [5, 5.41) is 5.94. The quantitative estimate of drug-likeness (QED) is 0.475. The Bertz CT molecular complexity index is 682. The van der Waals surface area contributed by atoms with Crippen molar-refractivity contribution < 1.29 is 22.5 Å². The van der Waals surface area contributed by atoms with Gasteiger partial charge in [0, 0.05) is 11.6 Å². The van der Waals surface area contributed by atoms with Crippen LogP contribution < -0.4 is 10.1 Å². The first-order chi connectivity index (χ1) is 9.73. The van der Waals surface area contributed by atoms with Gasteiger partial charge in [-0.15, -0.1) is 5.11 Å². The van der Waals surface area contributed by atoms with Gasteiger partial charge in [-0.3, -0.25) is 9.35 Å². The van der Waals surface area contributed by atoms with Crippen LogP contribution in [0.4, 0.5) is 11.4 Å². The number of hydrogen-bond donors (Lipinski definition) is 2. The number of carbonyl (C=O) groups is 1. The molecule has 114 valence electrons. The Balaban J connectivity index is 3.09. The van der Waals surface area contributed by atoms with Crippen LogP contribution in [0.15, 0.2) is 40.0 Å². The molecule has 2 N–H and O–H groups in total. The van der Waals surface area contributed by atoms with E-state index in [0.717, 1.165) is 0 Å². The Kier molecular flexibility index (Phi) is 5.56. The van der Waals surface area contributed by atoms with Gasteiger partial charge >= 0.3 is 10.3 Å². The summed E-state index contributed by atoms with van der Waals surface area (Å²) in [6, 6.07) is 4.27. The van der Waals surface area contributed by atoms with Crippen LogP contribution in [0.2, 0.25) is 0 Å². The van der Waals surface area contributed by atoms with Crippen molar-refractivity contribution in [2.75, 3.05) is 11.9 Å². The summed E-state index contributed by atoms with van der Waals surface area (Å²) in [6.07, 6.45) is 0. The van der Waals surface area contributed by atoms with Crippen LogP contribution >= 0.6 is 0 Å². The molecule has 0 atom stereocenters. The summed E-state index contributed by atoms with van der Waals surface area (Å²) >= 11 is 0. The molecule has 9 heteroatoms. The van der Waals surface area contributed by atoms with Gasteiger partial charge in [-0.1, -0.05) is 6.58 Å². The van der Waals surface area contributed by atoms with E-state index in [4.69, 9.17) is 9.29 Å². The molecule has 0 heterocycles. The third kappa shape index (κ3) is 5.71. The van der Waals surface area contributed by atoms with Crippen molar-refractivity contribution in [3.05, 3.63) is 30.4 Å². The highest BCUT2D eigenvalue weighted by atomic mass is 32.2.